The molecule has 0 unspecified atom stereocenters. The molecule has 122 valence electrons. The molecule has 6 nitrogen and oxygen atoms in total. The molecular formula is C15H23N3O3S. The number of aryl methyl sites for hydroxylation is 1. The van der Waals surface area contributed by atoms with Crippen LogP contribution in [0.15, 0.2) is 17.4 Å². The molecule has 0 aromatic carbocycles. The lowest BCUT2D eigenvalue weighted by molar-refractivity contribution is 0.0218. The standard InChI is InChI=1S/C15H23N3O3S/c1-11-13(17-8-7-16-11)22(20)12-5-9-18(10-6-12)14(19)21-15(2,3)4/h7-8,12H,5-6,9-10H2,1-4H3/t22-/m1/s1. The van der Waals surface area contributed by atoms with E-state index >= 15 is 0 Å². The molecule has 0 saturated carbocycles. The third kappa shape index (κ3) is 4.25. The molecule has 2 heterocycles. The molecule has 22 heavy (non-hydrogen) atoms. The zero-order valence-electron chi connectivity index (χ0n) is 13.5. The Balaban J connectivity index is 1.94. The summed E-state index contributed by atoms with van der Waals surface area (Å²) in [6.45, 7) is 8.49. The zero-order chi connectivity index (χ0) is 16.3. The van der Waals surface area contributed by atoms with Gasteiger partial charge in [-0.3, -0.25) is 9.19 Å². The second kappa shape index (κ2) is 6.73. The number of hydrogen-bond acceptors (Lipinski definition) is 5. The van der Waals surface area contributed by atoms with E-state index in [2.05, 4.69) is 9.97 Å². The predicted octanol–water partition coefficient (Wildman–Crippen LogP) is 2.29. The fourth-order valence-corrected chi connectivity index (χ4v) is 3.79. The fraction of sp³-hybridized carbons (Fsp3) is 0.667. The summed E-state index contributed by atoms with van der Waals surface area (Å²) >= 11 is 0. The summed E-state index contributed by atoms with van der Waals surface area (Å²) in [5.74, 6) is 0. The van der Waals surface area contributed by atoms with Crippen LogP contribution < -0.4 is 0 Å². The summed E-state index contributed by atoms with van der Waals surface area (Å²) in [4.78, 5) is 22.0. The molecule has 2 rings (SSSR count). The third-order valence-corrected chi connectivity index (χ3v) is 5.28. The summed E-state index contributed by atoms with van der Waals surface area (Å²) in [6.07, 6.45) is 4.23. The quantitative estimate of drug-likeness (QED) is 0.834. The van der Waals surface area contributed by atoms with E-state index in [1.54, 1.807) is 17.3 Å². The highest BCUT2D eigenvalue weighted by Crippen LogP contribution is 2.22. The van der Waals surface area contributed by atoms with Crippen molar-refractivity contribution < 1.29 is 13.7 Å². The van der Waals surface area contributed by atoms with Gasteiger partial charge in [-0.15, -0.1) is 0 Å². The largest absolute Gasteiger partial charge is 0.444 e. The number of carbonyl (C=O) groups excluding carboxylic acids is 1. The fourth-order valence-electron chi connectivity index (χ4n) is 2.33. The minimum absolute atomic E-state index is 0.00841. The maximum Gasteiger partial charge on any atom is 0.410 e. The van der Waals surface area contributed by atoms with Gasteiger partial charge in [0.05, 0.1) is 16.5 Å². The van der Waals surface area contributed by atoms with E-state index in [1.807, 2.05) is 27.7 Å². The molecular weight excluding hydrogens is 302 g/mol. The molecule has 0 aliphatic carbocycles. The first-order valence-corrected chi connectivity index (χ1v) is 8.65. The van der Waals surface area contributed by atoms with Crippen molar-refractivity contribution >= 4 is 16.9 Å². The van der Waals surface area contributed by atoms with Crippen molar-refractivity contribution in [2.24, 2.45) is 0 Å². The van der Waals surface area contributed by atoms with Crippen LogP contribution in [0, 0.1) is 6.92 Å². The first-order valence-electron chi connectivity index (χ1n) is 7.44. The van der Waals surface area contributed by atoms with Gasteiger partial charge in [0.1, 0.15) is 10.6 Å². The first kappa shape index (κ1) is 16.9. The summed E-state index contributed by atoms with van der Waals surface area (Å²) in [5, 5.41) is 0.562. The molecule has 1 fully saturated rings. The topological polar surface area (TPSA) is 72.4 Å². The minimum atomic E-state index is -1.18. The van der Waals surface area contributed by atoms with Gasteiger partial charge in [-0.1, -0.05) is 0 Å². The van der Waals surface area contributed by atoms with Gasteiger partial charge in [-0.2, -0.15) is 0 Å². The van der Waals surface area contributed by atoms with Crippen LogP contribution in [0.5, 0.6) is 0 Å². The Labute approximate surface area is 133 Å². The molecule has 1 aromatic heterocycles. The van der Waals surface area contributed by atoms with Gasteiger partial charge in [0.25, 0.3) is 0 Å². The van der Waals surface area contributed by atoms with Crippen LogP contribution >= 0.6 is 0 Å². The molecule has 0 radical (unpaired) electrons. The number of amides is 1. The number of likely N-dealkylation sites (tertiary alicyclic amines) is 1. The van der Waals surface area contributed by atoms with E-state index in [-0.39, 0.29) is 11.3 Å². The maximum absolute atomic E-state index is 12.6. The molecule has 1 aliphatic heterocycles. The van der Waals surface area contributed by atoms with Crippen molar-refractivity contribution in [3.05, 3.63) is 18.1 Å². The van der Waals surface area contributed by atoms with E-state index in [0.29, 0.717) is 36.7 Å². The lowest BCUT2D eigenvalue weighted by Crippen LogP contribution is -2.43. The number of piperidine rings is 1. The van der Waals surface area contributed by atoms with Crippen LogP contribution in [0.3, 0.4) is 0 Å². The molecule has 1 aliphatic rings. The predicted molar refractivity (Wildman–Crippen MR) is 84.0 cm³/mol. The Bertz CT molecular complexity index is 563. The van der Waals surface area contributed by atoms with Crippen molar-refractivity contribution in [3.8, 4) is 0 Å². The Morgan fingerprint density at radius 1 is 1.27 bits per heavy atom. The zero-order valence-corrected chi connectivity index (χ0v) is 14.4. The average Bonchev–Trinajstić information content (AvgIpc) is 2.45. The monoisotopic (exact) mass is 325 g/mol. The summed E-state index contributed by atoms with van der Waals surface area (Å²) < 4.78 is 18.0. The van der Waals surface area contributed by atoms with Crippen molar-refractivity contribution in [1.29, 1.82) is 0 Å². The minimum Gasteiger partial charge on any atom is -0.444 e. The molecule has 1 atom stereocenters. The van der Waals surface area contributed by atoms with E-state index < -0.39 is 16.4 Å². The van der Waals surface area contributed by atoms with Gasteiger partial charge >= 0.3 is 6.09 Å². The van der Waals surface area contributed by atoms with Gasteiger partial charge in [-0.25, -0.2) is 9.78 Å². The van der Waals surface area contributed by atoms with Crippen LogP contribution in [-0.2, 0) is 15.5 Å². The Kier molecular flexibility index (Phi) is 5.16. The van der Waals surface area contributed by atoms with Crippen molar-refractivity contribution in [1.82, 2.24) is 14.9 Å². The van der Waals surface area contributed by atoms with Gasteiger partial charge in [0, 0.05) is 30.7 Å². The summed E-state index contributed by atoms with van der Waals surface area (Å²) in [5.41, 5.74) is 0.212. The highest BCUT2D eigenvalue weighted by Gasteiger charge is 2.30. The van der Waals surface area contributed by atoms with Gasteiger partial charge in [0.2, 0.25) is 0 Å². The third-order valence-electron chi connectivity index (χ3n) is 3.42. The number of carbonyl (C=O) groups is 1. The van der Waals surface area contributed by atoms with E-state index in [0.717, 1.165) is 0 Å². The van der Waals surface area contributed by atoms with Crippen LogP contribution in [0.4, 0.5) is 4.79 Å². The van der Waals surface area contributed by atoms with Crippen LogP contribution in [0.25, 0.3) is 0 Å². The van der Waals surface area contributed by atoms with Gasteiger partial charge in [-0.05, 0) is 40.5 Å². The number of rotatable bonds is 2. The molecule has 1 saturated heterocycles. The van der Waals surface area contributed by atoms with Crippen molar-refractivity contribution in [3.63, 3.8) is 0 Å². The summed E-state index contributed by atoms with van der Waals surface area (Å²) in [6, 6.07) is 0. The highest BCUT2D eigenvalue weighted by molar-refractivity contribution is 7.85. The van der Waals surface area contributed by atoms with Gasteiger partial charge in [0.15, 0.2) is 0 Å². The number of nitrogens with zero attached hydrogens (tertiary/aromatic N) is 3. The molecule has 1 amide bonds. The van der Waals surface area contributed by atoms with Gasteiger partial charge < -0.3 is 9.64 Å². The van der Waals surface area contributed by atoms with Crippen LogP contribution in [0.1, 0.15) is 39.3 Å². The normalized spacial score (nSPS) is 18.1. The number of ether oxygens (including phenoxy) is 1. The van der Waals surface area contributed by atoms with Crippen molar-refractivity contribution in [2.75, 3.05) is 13.1 Å². The molecule has 1 aromatic rings. The second-order valence-electron chi connectivity index (χ2n) is 6.41. The Morgan fingerprint density at radius 3 is 2.41 bits per heavy atom. The van der Waals surface area contributed by atoms with E-state index in [1.165, 1.54) is 0 Å². The summed E-state index contributed by atoms with van der Waals surface area (Å²) in [7, 11) is -1.18. The Hall–Kier alpha value is -1.50. The first-order chi connectivity index (χ1) is 10.3. The molecule has 0 spiro atoms. The second-order valence-corrected chi connectivity index (χ2v) is 8.06. The van der Waals surface area contributed by atoms with Crippen molar-refractivity contribution in [2.45, 2.75) is 56.4 Å². The molecule has 0 N–H and O–H groups in total. The number of hydrogen-bond donors (Lipinski definition) is 0. The lowest BCUT2D eigenvalue weighted by Gasteiger charge is -2.33. The van der Waals surface area contributed by atoms with E-state index in [4.69, 9.17) is 4.74 Å². The Morgan fingerprint density at radius 2 is 1.86 bits per heavy atom. The average molecular weight is 325 g/mol. The SMILES string of the molecule is Cc1nccnc1[S@](=O)C1CCN(C(=O)OC(C)(C)C)CC1. The highest BCUT2D eigenvalue weighted by atomic mass is 32.2. The van der Waals surface area contributed by atoms with Crippen LogP contribution in [-0.4, -0.2) is 49.1 Å². The lowest BCUT2D eigenvalue weighted by atomic mass is 10.1. The molecule has 7 heteroatoms. The maximum atomic E-state index is 12.6. The number of aromatic nitrogens is 2. The van der Waals surface area contributed by atoms with E-state index in [9.17, 15) is 9.00 Å². The van der Waals surface area contributed by atoms with Crippen LogP contribution in [0.2, 0.25) is 0 Å². The molecule has 0 bridgehead atoms. The smallest absolute Gasteiger partial charge is 0.410 e.